The molecule has 8 aromatic rings. The molecule has 0 saturated carbocycles. The van der Waals surface area contributed by atoms with Gasteiger partial charge in [-0.3, -0.25) is 0 Å². The number of allylic oxidation sites excluding steroid dienone is 1. The van der Waals surface area contributed by atoms with Gasteiger partial charge < -0.3 is 19.1 Å². The third-order valence-corrected chi connectivity index (χ3v) is 11.9. The summed E-state index contributed by atoms with van der Waals surface area (Å²) in [4.78, 5) is 9.33. The van der Waals surface area contributed by atoms with Gasteiger partial charge in [-0.15, -0.1) is 48.1 Å². The maximum Gasteiger partial charge on any atom is 0.135 e. The standard InChI is InChI=1S/C54H49N4O.Pt/c1-52(2,3)50-36-56(37-57(50)42-27-25-40(26-28-42)53(4,5)38-17-10-8-11-18-38)43-21-16-22-44(34-43)59-45-29-30-47-46-23-14-15-24-48(46)58(49(47)35-45)51-33-41(31-32-55-51)54(6,7)39-19-12-9-13-20-39;/h8-33,36-37H,1-7H3;/q-3;. The van der Waals surface area contributed by atoms with Crippen molar-refractivity contribution in [1.29, 1.82) is 0 Å². The Morgan fingerprint density at radius 1 is 0.567 bits per heavy atom. The Morgan fingerprint density at radius 3 is 1.87 bits per heavy atom. The summed E-state index contributed by atoms with van der Waals surface area (Å²) in [6.45, 7) is 18.0. The molecule has 0 spiro atoms. The molecule has 0 radical (unpaired) electrons. The van der Waals surface area contributed by atoms with Gasteiger partial charge in [0.2, 0.25) is 0 Å². The number of ether oxygens (including phenoxy) is 1. The number of nitrogens with zero attached hydrogens (tertiary/aromatic N) is 4. The molecule has 2 aromatic heterocycles. The zero-order chi connectivity index (χ0) is 40.9. The summed E-state index contributed by atoms with van der Waals surface area (Å²) in [7, 11) is 0. The van der Waals surface area contributed by atoms with Crippen LogP contribution in [-0.4, -0.2) is 9.55 Å². The van der Waals surface area contributed by atoms with E-state index in [1.807, 2.05) is 24.4 Å². The molecule has 6 heteroatoms. The quantitative estimate of drug-likeness (QED) is 0.135. The SMILES string of the molecule is CC(C)(C)C1=CN(c2[c-]c(Oc3[c-]c4c(cc3)c3ccccc3n4-c3cc(C(C)(C)c4ccccc4)ccn3)ccc2)[CH-]N1c1ccc(C(C)(C)c2ccccc2)cc1.[Pt]. The Bertz CT molecular complexity index is 2820. The van der Waals surface area contributed by atoms with E-state index in [2.05, 4.69) is 221 Å². The molecular weight excluding hydrogens is 916 g/mol. The third kappa shape index (κ3) is 7.56. The van der Waals surface area contributed by atoms with E-state index in [9.17, 15) is 0 Å². The van der Waals surface area contributed by atoms with Crippen LogP contribution in [0, 0.1) is 24.2 Å². The van der Waals surface area contributed by atoms with E-state index in [1.165, 1.54) is 28.0 Å². The number of para-hydroxylation sites is 1. The van der Waals surface area contributed by atoms with E-state index >= 15 is 0 Å². The van der Waals surface area contributed by atoms with Crippen molar-refractivity contribution in [2.24, 2.45) is 5.41 Å². The largest absolute Gasteiger partial charge is 0.509 e. The Labute approximate surface area is 369 Å². The van der Waals surface area contributed by atoms with Gasteiger partial charge in [0, 0.05) is 71.9 Å². The zero-order valence-electron chi connectivity index (χ0n) is 35.2. The van der Waals surface area contributed by atoms with Gasteiger partial charge in [-0.25, -0.2) is 4.98 Å². The summed E-state index contributed by atoms with van der Waals surface area (Å²) in [5.74, 6) is 2.05. The minimum atomic E-state index is -0.215. The van der Waals surface area contributed by atoms with Crippen molar-refractivity contribution in [1.82, 2.24) is 9.55 Å². The molecule has 0 fully saturated rings. The number of benzene rings is 6. The van der Waals surface area contributed by atoms with Crippen LogP contribution in [0.15, 0.2) is 170 Å². The second-order valence-corrected chi connectivity index (χ2v) is 17.5. The first kappa shape index (κ1) is 40.9. The van der Waals surface area contributed by atoms with Crippen LogP contribution < -0.4 is 14.5 Å². The first-order valence-electron chi connectivity index (χ1n) is 20.4. The van der Waals surface area contributed by atoms with Gasteiger partial charge in [-0.1, -0.05) is 145 Å². The van der Waals surface area contributed by atoms with Crippen molar-refractivity contribution in [3.05, 3.63) is 211 Å². The Hall–Kier alpha value is -5.90. The van der Waals surface area contributed by atoms with Gasteiger partial charge in [0.15, 0.2) is 0 Å². The van der Waals surface area contributed by atoms with E-state index < -0.39 is 0 Å². The van der Waals surface area contributed by atoms with Crippen molar-refractivity contribution in [3.63, 3.8) is 0 Å². The minimum Gasteiger partial charge on any atom is -0.509 e. The van der Waals surface area contributed by atoms with Crippen LogP contribution in [0.3, 0.4) is 0 Å². The topological polar surface area (TPSA) is 33.5 Å². The van der Waals surface area contributed by atoms with Gasteiger partial charge in [0.25, 0.3) is 0 Å². The predicted molar refractivity (Wildman–Crippen MR) is 243 cm³/mol. The number of fused-ring (bicyclic) bond motifs is 3. The van der Waals surface area contributed by atoms with E-state index in [0.29, 0.717) is 11.5 Å². The summed E-state index contributed by atoms with van der Waals surface area (Å²) in [6.07, 6.45) is 4.11. The smallest absolute Gasteiger partial charge is 0.135 e. The second kappa shape index (κ2) is 15.9. The molecule has 304 valence electrons. The number of rotatable bonds is 9. The van der Waals surface area contributed by atoms with E-state index in [1.54, 1.807) is 0 Å². The van der Waals surface area contributed by atoms with Crippen LogP contribution in [0.5, 0.6) is 11.5 Å². The monoisotopic (exact) mass is 964 g/mol. The maximum atomic E-state index is 6.58. The van der Waals surface area contributed by atoms with Gasteiger partial charge in [0.05, 0.1) is 0 Å². The maximum absolute atomic E-state index is 6.58. The fourth-order valence-corrected chi connectivity index (χ4v) is 8.25. The van der Waals surface area contributed by atoms with E-state index in [0.717, 1.165) is 39.0 Å². The molecule has 0 bridgehead atoms. The van der Waals surface area contributed by atoms with Gasteiger partial charge in [-0.05, 0) is 64.2 Å². The number of hydrogen-bond donors (Lipinski definition) is 0. The molecule has 0 unspecified atom stereocenters. The van der Waals surface area contributed by atoms with Crippen molar-refractivity contribution in [2.45, 2.75) is 59.3 Å². The van der Waals surface area contributed by atoms with Crippen LogP contribution in [0.1, 0.15) is 70.7 Å². The van der Waals surface area contributed by atoms with Crippen molar-refractivity contribution >= 4 is 33.2 Å². The summed E-state index contributed by atoms with van der Waals surface area (Å²) in [5.41, 5.74) is 9.70. The van der Waals surface area contributed by atoms with Crippen LogP contribution in [0.2, 0.25) is 0 Å². The third-order valence-electron chi connectivity index (χ3n) is 11.9. The van der Waals surface area contributed by atoms with E-state index in [-0.39, 0.29) is 37.3 Å². The normalized spacial score (nSPS) is 13.4. The van der Waals surface area contributed by atoms with Gasteiger partial charge in [0.1, 0.15) is 5.82 Å². The molecule has 3 heterocycles. The van der Waals surface area contributed by atoms with Crippen LogP contribution >= 0.6 is 0 Å². The first-order chi connectivity index (χ1) is 28.4. The van der Waals surface area contributed by atoms with Crippen LogP contribution in [0.4, 0.5) is 11.4 Å². The number of anilines is 2. The predicted octanol–water partition coefficient (Wildman–Crippen LogP) is 13.6. The average molecular weight is 965 g/mol. The van der Waals surface area contributed by atoms with Crippen LogP contribution in [0.25, 0.3) is 27.6 Å². The average Bonchev–Trinajstić information content (AvgIpc) is 3.85. The number of aromatic nitrogens is 2. The number of pyridine rings is 1. The summed E-state index contributed by atoms with van der Waals surface area (Å²) < 4.78 is 8.78. The van der Waals surface area contributed by atoms with Gasteiger partial charge >= 0.3 is 0 Å². The summed E-state index contributed by atoms with van der Waals surface area (Å²) in [5, 5.41) is 2.22. The molecule has 0 saturated heterocycles. The molecule has 6 aromatic carbocycles. The molecule has 0 N–H and O–H groups in total. The van der Waals surface area contributed by atoms with Gasteiger partial charge in [-0.2, -0.15) is 12.1 Å². The molecule has 1 aliphatic heterocycles. The van der Waals surface area contributed by atoms with Crippen LogP contribution in [-0.2, 0) is 31.9 Å². The minimum absolute atomic E-state index is 0. The summed E-state index contributed by atoms with van der Waals surface area (Å²) >= 11 is 0. The molecule has 60 heavy (non-hydrogen) atoms. The molecule has 5 nitrogen and oxygen atoms in total. The first-order valence-corrected chi connectivity index (χ1v) is 20.4. The molecule has 0 atom stereocenters. The molecule has 0 aliphatic carbocycles. The molecule has 9 rings (SSSR count). The molecule has 0 amide bonds. The Balaban J connectivity index is 0.00000499. The molecule has 1 aliphatic rings. The fourth-order valence-electron chi connectivity index (χ4n) is 8.25. The zero-order valence-corrected chi connectivity index (χ0v) is 37.5. The summed E-state index contributed by atoms with van der Waals surface area (Å²) in [6, 6.07) is 60.4. The molecular formula is C54H49N4OPt-3. The van der Waals surface area contributed by atoms with E-state index in [4.69, 9.17) is 9.72 Å². The Morgan fingerprint density at radius 2 is 1.18 bits per heavy atom. The fraction of sp³-hybridized carbons (Fsp3) is 0.185. The second-order valence-electron chi connectivity index (χ2n) is 17.5. The number of hydrogen-bond acceptors (Lipinski definition) is 4. The van der Waals surface area contributed by atoms with Crippen molar-refractivity contribution in [2.75, 3.05) is 9.80 Å². The Kier molecular flexibility index (Phi) is 10.9. The van der Waals surface area contributed by atoms with Crippen molar-refractivity contribution < 1.29 is 25.8 Å². The van der Waals surface area contributed by atoms with Crippen molar-refractivity contribution in [3.8, 4) is 17.3 Å².